The summed E-state index contributed by atoms with van der Waals surface area (Å²) in [5.74, 6) is 0. The van der Waals surface area contributed by atoms with E-state index in [1.54, 1.807) is 0 Å². The quantitative estimate of drug-likeness (QED) is 0.372. The molecule has 0 aliphatic heterocycles. The van der Waals surface area contributed by atoms with Gasteiger partial charge in [0.25, 0.3) is 0 Å². The predicted molar refractivity (Wildman–Crippen MR) is 42.1 cm³/mol. The molecule has 0 saturated heterocycles. The molecule has 2 unspecified atom stereocenters. The molecule has 0 aliphatic rings. The van der Waals surface area contributed by atoms with Crippen LogP contribution in [0.25, 0.3) is 0 Å². The molecule has 0 spiro atoms. The van der Waals surface area contributed by atoms with Crippen molar-refractivity contribution in [1.82, 2.24) is 0 Å². The Hall–Kier alpha value is 1.61. The van der Waals surface area contributed by atoms with E-state index >= 15 is 0 Å². The molecule has 0 fully saturated rings. The van der Waals surface area contributed by atoms with Crippen LogP contribution in [0.2, 0.25) is 0 Å². The summed E-state index contributed by atoms with van der Waals surface area (Å²) in [4.78, 5) is 18.6. The van der Waals surface area contributed by atoms with E-state index in [9.17, 15) is 18.9 Å². The van der Waals surface area contributed by atoms with Crippen LogP contribution in [0.15, 0.2) is 12.7 Å². The van der Waals surface area contributed by atoms with E-state index in [0.717, 1.165) is 0 Å². The molecule has 0 radical (unpaired) electrons. The number of hydrogen-bond acceptors (Lipinski definition) is 6. The van der Waals surface area contributed by atoms with Gasteiger partial charge in [0, 0.05) is 0 Å². The number of aliphatic hydroxyl groups excluding tert-OH is 1. The van der Waals surface area contributed by atoms with Crippen LogP contribution in [0.1, 0.15) is 0 Å². The summed E-state index contributed by atoms with van der Waals surface area (Å²) >= 11 is 0. The Kier molecular flexibility index (Phi) is 24.2. The van der Waals surface area contributed by atoms with E-state index in [-0.39, 0.29) is 55.5 Å². The molecule has 0 bridgehead atoms. The summed E-state index contributed by atoms with van der Waals surface area (Å²) in [7, 11) is -7.03. The predicted octanol–water partition coefficient (Wildman–Crippen LogP) is -1.71. The first kappa shape index (κ1) is 19.2. The Morgan fingerprint density at radius 1 is 1.42 bits per heavy atom. The fourth-order valence-corrected chi connectivity index (χ4v) is 0.612. The molecule has 0 amide bonds. The van der Waals surface area contributed by atoms with Gasteiger partial charge in [0.2, 0.25) is 0 Å². The van der Waals surface area contributed by atoms with Gasteiger partial charge in [-0.2, -0.15) is 0 Å². The average molecular weight is 339 g/mol. The first-order valence-electron chi connectivity index (χ1n) is 2.36. The molecular formula is C3H8BaO6P2. The molecule has 1 N–H and O–H groups in total. The van der Waals surface area contributed by atoms with Crippen molar-refractivity contribution in [2.45, 2.75) is 0 Å². The van der Waals surface area contributed by atoms with Crippen LogP contribution in [0.3, 0.4) is 0 Å². The normalized spacial score (nSPS) is 12.9. The molecular weight excluding hydrogens is 331 g/mol. The van der Waals surface area contributed by atoms with Crippen LogP contribution in [-0.4, -0.2) is 60.6 Å². The third-order valence-corrected chi connectivity index (χ3v) is 1.63. The number of rotatable bonds is 3. The van der Waals surface area contributed by atoms with E-state index in [1.165, 1.54) is 6.08 Å². The summed E-state index contributed by atoms with van der Waals surface area (Å²) in [6, 6.07) is 0. The fraction of sp³-hybridized carbons (Fsp3) is 0.333. The Morgan fingerprint density at radius 2 is 1.67 bits per heavy atom. The minimum absolute atomic E-state index is 0. The molecule has 0 aromatic rings. The number of aliphatic hydroxyl groups is 1. The van der Waals surface area contributed by atoms with Gasteiger partial charge in [0.1, 0.15) is 16.5 Å². The van der Waals surface area contributed by atoms with E-state index in [2.05, 4.69) is 10.9 Å². The van der Waals surface area contributed by atoms with Gasteiger partial charge in [0.05, 0.1) is 6.61 Å². The van der Waals surface area contributed by atoms with Crippen LogP contribution < -0.4 is 9.79 Å². The zero-order valence-electron chi connectivity index (χ0n) is 6.19. The molecule has 0 heterocycles. The van der Waals surface area contributed by atoms with Gasteiger partial charge in [-0.15, -0.1) is 6.58 Å². The average Bonchev–Trinajstić information content (AvgIpc) is 1.85. The first-order valence-corrected chi connectivity index (χ1v) is 4.81. The summed E-state index contributed by atoms with van der Waals surface area (Å²) in [5.41, 5.74) is 0. The van der Waals surface area contributed by atoms with Crippen molar-refractivity contribution in [2.75, 3.05) is 6.61 Å². The number of hydrogen-bond donors (Lipinski definition) is 1. The zero-order valence-corrected chi connectivity index (χ0v) is 12.6. The van der Waals surface area contributed by atoms with E-state index in [1.807, 2.05) is 0 Å². The maximum absolute atomic E-state index is 9.29. The standard InChI is InChI=1S/C3H6O.Ba.H4O5P2/c1-2-3-4;;1-6(2)5-7(3)4/h2,4H,1,3H2;;6-7H,(H,1,2)(H,3,4)/q;+2;/p-2. The van der Waals surface area contributed by atoms with E-state index in [4.69, 9.17) is 5.11 Å². The topological polar surface area (TPSA) is 110 Å². The molecule has 68 valence electrons. The molecule has 0 saturated carbocycles. The maximum Gasteiger partial charge on any atom is 2.00 e. The smallest absolute Gasteiger partial charge is 0.781 e. The second kappa shape index (κ2) is 15.1. The maximum atomic E-state index is 9.29. The van der Waals surface area contributed by atoms with Gasteiger partial charge < -0.3 is 24.0 Å². The van der Waals surface area contributed by atoms with E-state index < -0.39 is 16.5 Å². The zero-order chi connectivity index (χ0) is 9.28. The summed E-state index contributed by atoms with van der Waals surface area (Å²) in [6.07, 6.45) is 1.43. The first-order chi connectivity index (χ1) is 5.04. The molecule has 9 heteroatoms. The molecule has 12 heavy (non-hydrogen) atoms. The van der Waals surface area contributed by atoms with Crippen LogP contribution in [-0.2, 0) is 13.4 Å². The van der Waals surface area contributed by atoms with Crippen molar-refractivity contribution >= 4 is 65.4 Å². The second-order valence-corrected chi connectivity index (χ2v) is 2.89. The molecule has 0 aromatic carbocycles. The second-order valence-electron chi connectivity index (χ2n) is 1.07. The minimum Gasteiger partial charge on any atom is -0.781 e. The van der Waals surface area contributed by atoms with Gasteiger partial charge >= 0.3 is 48.9 Å². The molecule has 0 aliphatic carbocycles. The largest absolute Gasteiger partial charge is 2.00 e. The summed E-state index contributed by atoms with van der Waals surface area (Å²) in [6.45, 7) is 3.31. The van der Waals surface area contributed by atoms with Crippen LogP contribution in [0.5, 0.6) is 0 Å². The Balaban J connectivity index is -0.000000142. The Morgan fingerprint density at radius 3 is 1.67 bits per heavy atom. The Labute approximate surface area is 112 Å². The third-order valence-electron chi connectivity index (χ3n) is 0.296. The van der Waals surface area contributed by atoms with Crippen LogP contribution in [0, 0.1) is 0 Å². The van der Waals surface area contributed by atoms with Gasteiger partial charge in [-0.25, -0.2) is 0 Å². The fourth-order valence-electron chi connectivity index (χ4n) is 0.0680. The van der Waals surface area contributed by atoms with Crippen LogP contribution in [0.4, 0.5) is 0 Å². The van der Waals surface area contributed by atoms with Gasteiger partial charge in [-0.1, -0.05) is 6.08 Å². The molecule has 0 rings (SSSR count). The monoisotopic (exact) mass is 340 g/mol. The van der Waals surface area contributed by atoms with Gasteiger partial charge in [-0.3, -0.25) is 4.31 Å². The van der Waals surface area contributed by atoms with Crippen molar-refractivity contribution in [3.8, 4) is 0 Å². The van der Waals surface area contributed by atoms with Crippen molar-refractivity contribution in [3.05, 3.63) is 12.7 Å². The van der Waals surface area contributed by atoms with Crippen molar-refractivity contribution < 1.29 is 28.3 Å². The molecule has 2 atom stereocenters. The van der Waals surface area contributed by atoms with E-state index in [0.29, 0.717) is 0 Å². The van der Waals surface area contributed by atoms with Crippen molar-refractivity contribution in [1.29, 1.82) is 0 Å². The SMILES string of the molecule is C=CCO.O=[PH]([O-])O[PH](=O)[O-].[Ba+2]. The van der Waals surface area contributed by atoms with Crippen molar-refractivity contribution in [3.63, 3.8) is 0 Å². The van der Waals surface area contributed by atoms with Gasteiger partial charge in [-0.05, 0) is 0 Å². The van der Waals surface area contributed by atoms with Gasteiger partial charge in [0.15, 0.2) is 0 Å². The third kappa shape index (κ3) is 29.9. The molecule has 0 aromatic heterocycles. The molecule has 6 nitrogen and oxygen atoms in total. The Bertz CT molecular complexity index is 138. The summed E-state index contributed by atoms with van der Waals surface area (Å²) in [5, 5.41) is 7.76. The summed E-state index contributed by atoms with van der Waals surface area (Å²) < 4.78 is 21.8. The van der Waals surface area contributed by atoms with Crippen molar-refractivity contribution in [2.24, 2.45) is 0 Å². The van der Waals surface area contributed by atoms with Crippen LogP contribution >= 0.6 is 16.5 Å². The minimum atomic E-state index is -3.51.